The highest BCUT2D eigenvalue weighted by molar-refractivity contribution is 5.77. The lowest BCUT2D eigenvalue weighted by Gasteiger charge is -2.33. The largest absolute Gasteiger partial charge is 0.497 e. The van der Waals surface area contributed by atoms with Crippen LogP contribution in [0.1, 0.15) is 75.3 Å². The zero-order chi connectivity index (χ0) is 19.1. The molecule has 0 radical (unpaired) electrons. The number of amides is 1. The van der Waals surface area contributed by atoms with E-state index in [4.69, 9.17) is 4.74 Å². The van der Waals surface area contributed by atoms with E-state index < -0.39 is 0 Å². The summed E-state index contributed by atoms with van der Waals surface area (Å²) >= 11 is 0. The van der Waals surface area contributed by atoms with Gasteiger partial charge in [-0.15, -0.1) is 0 Å². The lowest BCUT2D eigenvalue weighted by molar-refractivity contribution is -0.121. The summed E-state index contributed by atoms with van der Waals surface area (Å²) in [6, 6.07) is 7.06. The quantitative estimate of drug-likeness (QED) is 0.693. The maximum Gasteiger partial charge on any atom is 0.220 e. The fraction of sp³-hybridized carbons (Fsp3) is 0.696. The van der Waals surface area contributed by atoms with Crippen molar-refractivity contribution < 1.29 is 9.53 Å². The second-order valence-electron chi connectivity index (χ2n) is 8.30. The summed E-state index contributed by atoms with van der Waals surface area (Å²) in [6.45, 7) is 5.58. The lowest BCUT2D eigenvalue weighted by atomic mass is 9.81. The standard InChI is InChI=1S/C23H36N2O2/c1-18-8-3-5-14-25(18)15-6-4-13-24-23(26)17-20-10-7-9-19-16-21(27-2)11-12-22(19)20/h11-12,16,18,20H,3-10,13-15,17H2,1-2H3,(H,24,26). The monoisotopic (exact) mass is 372 g/mol. The van der Waals surface area contributed by atoms with Crippen LogP contribution >= 0.6 is 0 Å². The summed E-state index contributed by atoms with van der Waals surface area (Å²) in [5, 5.41) is 3.15. The number of hydrogen-bond donors (Lipinski definition) is 1. The van der Waals surface area contributed by atoms with E-state index in [-0.39, 0.29) is 5.91 Å². The van der Waals surface area contributed by atoms with E-state index in [1.165, 1.54) is 49.9 Å². The maximum absolute atomic E-state index is 12.4. The highest BCUT2D eigenvalue weighted by atomic mass is 16.5. The number of ether oxygens (including phenoxy) is 1. The van der Waals surface area contributed by atoms with E-state index in [0.29, 0.717) is 12.3 Å². The van der Waals surface area contributed by atoms with Crippen LogP contribution in [0.15, 0.2) is 18.2 Å². The summed E-state index contributed by atoms with van der Waals surface area (Å²) in [7, 11) is 1.71. The molecule has 4 heteroatoms. The summed E-state index contributed by atoms with van der Waals surface area (Å²) < 4.78 is 5.34. The van der Waals surface area contributed by atoms with Crippen LogP contribution in [0.25, 0.3) is 0 Å². The van der Waals surface area contributed by atoms with Gasteiger partial charge in [0, 0.05) is 19.0 Å². The van der Waals surface area contributed by atoms with Crippen molar-refractivity contribution in [3.63, 3.8) is 0 Å². The molecule has 0 aromatic heterocycles. The van der Waals surface area contributed by atoms with Gasteiger partial charge in [-0.2, -0.15) is 0 Å². The molecule has 0 bridgehead atoms. The molecule has 2 aliphatic rings. The molecule has 0 saturated carbocycles. The van der Waals surface area contributed by atoms with Gasteiger partial charge in [0.05, 0.1) is 7.11 Å². The van der Waals surface area contributed by atoms with Gasteiger partial charge in [-0.25, -0.2) is 0 Å². The third-order valence-corrected chi connectivity index (χ3v) is 6.36. The van der Waals surface area contributed by atoms with E-state index in [1.54, 1.807) is 7.11 Å². The second-order valence-corrected chi connectivity index (χ2v) is 8.30. The molecule has 150 valence electrons. The Morgan fingerprint density at radius 2 is 2.11 bits per heavy atom. The van der Waals surface area contributed by atoms with Crippen LogP contribution in [-0.2, 0) is 11.2 Å². The van der Waals surface area contributed by atoms with Crippen molar-refractivity contribution in [2.45, 2.75) is 76.7 Å². The third kappa shape index (κ3) is 5.71. The SMILES string of the molecule is COc1ccc2c(c1)CCCC2CC(=O)NCCCCN1CCCCC1C. The number of likely N-dealkylation sites (tertiary alicyclic amines) is 1. The molecule has 27 heavy (non-hydrogen) atoms. The first-order chi connectivity index (χ1) is 13.2. The summed E-state index contributed by atoms with van der Waals surface area (Å²) in [4.78, 5) is 15.0. The first-order valence-corrected chi connectivity index (χ1v) is 10.8. The Labute approximate surface area is 164 Å². The molecule has 1 fully saturated rings. The molecule has 1 amide bonds. The van der Waals surface area contributed by atoms with Crippen LogP contribution in [-0.4, -0.2) is 43.6 Å². The Morgan fingerprint density at radius 1 is 1.22 bits per heavy atom. The van der Waals surface area contributed by atoms with Crippen LogP contribution in [0.2, 0.25) is 0 Å². The van der Waals surface area contributed by atoms with Crippen molar-refractivity contribution in [1.82, 2.24) is 10.2 Å². The molecule has 4 nitrogen and oxygen atoms in total. The Hall–Kier alpha value is -1.55. The lowest BCUT2D eigenvalue weighted by Crippen LogP contribution is -2.38. The van der Waals surface area contributed by atoms with Crippen LogP contribution in [0.4, 0.5) is 0 Å². The van der Waals surface area contributed by atoms with E-state index in [9.17, 15) is 4.79 Å². The van der Waals surface area contributed by atoms with Crippen LogP contribution < -0.4 is 10.1 Å². The fourth-order valence-corrected chi connectivity index (χ4v) is 4.68. The molecule has 1 aromatic rings. The van der Waals surface area contributed by atoms with E-state index in [2.05, 4.69) is 29.3 Å². The predicted molar refractivity (Wildman–Crippen MR) is 110 cm³/mol. The number of unbranched alkanes of at least 4 members (excludes halogenated alkanes) is 1. The zero-order valence-corrected chi connectivity index (χ0v) is 17.1. The van der Waals surface area contributed by atoms with Crippen molar-refractivity contribution in [2.75, 3.05) is 26.7 Å². The summed E-state index contributed by atoms with van der Waals surface area (Å²) in [6.07, 6.45) is 10.3. The number of hydrogen-bond acceptors (Lipinski definition) is 3. The highest BCUT2D eigenvalue weighted by Gasteiger charge is 2.23. The number of piperidine rings is 1. The number of aryl methyl sites for hydroxylation is 1. The zero-order valence-electron chi connectivity index (χ0n) is 17.1. The molecule has 0 spiro atoms. The highest BCUT2D eigenvalue weighted by Crippen LogP contribution is 2.35. The molecule has 2 atom stereocenters. The minimum Gasteiger partial charge on any atom is -0.497 e. The van der Waals surface area contributed by atoms with Crippen LogP contribution in [0, 0.1) is 0 Å². The summed E-state index contributed by atoms with van der Waals surface area (Å²) in [5.74, 6) is 1.48. The van der Waals surface area contributed by atoms with Crippen molar-refractivity contribution >= 4 is 5.91 Å². The third-order valence-electron chi connectivity index (χ3n) is 6.36. The van der Waals surface area contributed by atoms with Crippen molar-refractivity contribution in [3.8, 4) is 5.75 Å². The van der Waals surface area contributed by atoms with Gasteiger partial charge in [-0.3, -0.25) is 4.79 Å². The van der Waals surface area contributed by atoms with Crippen molar-refractivity contribution in [1.29, 1.82) is 0 Å². The second kappa shape index (κ2) is 10.1. The minimum absolute atomic E-state index is 0.204. The number of nitrogens with zero attached hydrogens (tertiary/aromatic N) is 1. The van der Waals surface area contributed by atoms with Gasteiger partial charge in [0.25, 0.3) is 0 Å². The first kappa shape index (κ1) is 20.2. The van der Waals surface area contributed by atoms with Gasteiger partial charge in [-0.1, -0.05) is 12.5 Å². The van der Waals surface area contributed by atoms with Gasteiger partial charge in [0.15, 0.2) is 0 Å². The topological polar surface area (TPSA) is 41.6 Å². The summed E-state index contributed by atoms with van der Waals surface area (Å²) in [5.41, 5.74) is 2.70. The molecule has 1 N–H and O–H groups in total. The number of carbonyl (C=O) groups is 1. The number of nitrogens with one attached hydrogen (secondary N) is 1. The number of methoxy groups -OCH3 is 1. The van der Waals surface area contributed by atoms with Gasteiger partial charge < -0.3 is 15.0 Å². The number of fused-ring (bicyclic) bond motifs is 1. The van der Waals surface area contributed by atoms with Gasteiger partial charge >= 0.3 is 0 Å². The van der Waals surface area contributed by atoms with Gasteiger partial charge in [-0.05, 0) is 94.1 Å². The van der Waals surface area contributed by atoms with Crippen molar-refractivity contribution in [2.24, 2.45) is 0 Å². The minimum atomic E-state index is 0.204. The van der Waals surface area contributed by atoms with Gasteiger partial charge in [0.2, 0.25) is 5.91 Å². The average molecular weight is 373 g/mol. The van der Waals surface area contributed by atoms with E-state index in [0.717, 1.165) is 44.0 Å². The molecule has 2 unspecified atom stereocenters. The molecule has 1 saturated heterocycles. The Balaban J connectivity index is 1.37. The fourth-order valence-electron chi connectivity index (χ4n) is 4.68. The molecule has 3 rings (SSSR count). The van der Waals surface area contributed by atoms with Gasteiger partial charge in [0.1, 0.15) is 5.75 Å². The Bertz CT molecular complexity index is 616. The Kier molecular flexibility index (Phi) is 7.57. The van der Waals surface area contributed by atoms with E-state index in [1.807, 2.05) is 6.07 Å². The first-order valence-electron chi connectivity index (χ1n) is 10.8. The molecular formula is C23H36N2O2. The molecule has 1 aliphatic carbocycles. The van der Waals surface area contributed by atoms with E-state index >= 15 is 0 Å². The van der Waals surface area contributed by atoms with Crippen LogP contribution in [0.3, 0.4) is 0 Å². The molecular weight excluding hydrogens is 336 g/mol. The average Bonchev–Trinajstić information content (AvgIpc) is 2.69. The smallest absolute Gasteiger partial charge is 0.220 e. The molecule has 1 heterocycles. The van der Waals surface area contributed by atoms with Crippen LogP contribution in [0.5, 0.6) is 5.75 Å². The number of benzene rings is 1. The normalized spacial score (nSPS) is 22.9. The number of rotatable bonds is 8. The molecule has 1 aromatic carbocycles. The van der Waals surface area contributed by atoms with Crippen molar-refractivity contribution in [3.05, 3.63) is 29.3 Å². The predicted octanol–water partition coefficient (Wildman–Crippen LogP) is 4.28. The number of carbonyl (C=O) groups excluding carboxylic acids is 1. The maximum atomic E-state index is 12.4. The Morgan fingerprint density at radius 3 is 2.93 bits per heavy atom. The molecule has 1 aliphatic heterocycles.